The maximum absolute atomic E-state index is 11.6. The van der Waals surface area contributed by atoms with Crippen LogP contribution in [-0.4, -0.2) is 36.1 Å². The molecule has 1 amide bonds. The Morgan fingerprint density at radius 3 is 2.63 bits per heavy atom. The summed E-state index contributed by atoms with van der Waals surface area (Å²) in [6, 6.07) is 3.83. The Labute approximate surface area is 113 Å². The zero-order valence-corrected chi connectivity index (χ0v) is 11.5. The summed E-state index contributed by atoms with van der Waals surface area (Å²) in [6.07, 6.45) is 3.01. The summed E-state index contributed by atoms with van der Waals surface area (Å²) in [6.45, 7) is 3.44. The maximum atomic E-state index is 11.6. The van der Waals surface area contributed by atoms with Crippen LogP contribution in [0.25, 0.3) is 0 Å². The number of hydrogen-bond donors (Lipinski definition) is 2. The number of pyridine rings is 1. The van der Waals surface area contributed by atoms with Gasteiger partial charge in [-0.1, -0.05) is 0 Å². The molecule has 5 nitrogen and oxygen atoms in total. The van der Waals surface area contributed by atoms with Crippen LogP contribution < -0.4 is 10.2 Å². The first-order valence-electron chi connectivity index (χ1n) is 6.72. The van der Waals surface area contributed by atoms with Crippen LogP contribution in [0, 0.1) is 5.92 Å². The third kappa shape index (κ3) is 3.23. The molecule has 1 fully saturated rings. The smallest absolute Gasteiger partial charge is 0.222 e. The molecule has 5 heteroatoms. The van der Waals surface area contributed by atoms with Gasteiger partial charge in [0.25, 0.3) is 0 Å². The molecule has 2 heterocycles. The van der Waals surface area contributed by atoms with Crippen LogP contribution in [-0.2, 0) is 4.79 Å². The van der Waals surface area contributed by atoms with Gasteiger partial charge in [-0.15, -0.1) is 0 Å². The third-order valence-electron chi connectivity index (χ3n) is 3.68. The Morgan fingerprint density at radius 2 is 2.16 bits per heavy atom. The van der Waals surface area contributed by atoms with Gasteiger partial charge < -0.3 is 15.3 Å². The number of aromatic nitrogens is 1. The van der Waals surface area contributed by atoms with Crippen molar-refractivity contribution in [3.63, 3.8) is 0 Å². The van der Waals surface area contributed by atoms with Gasteiger partial charge in [-0.25, -0.2) is 0 Å². The fraction of sp³-hybridized carbons (Fsp3) is 0.571. The Bertz CT molecular complexity index is 423. The van der Waals surface area contributed by atoms with E-state index < -0.39 is 6.10 Å². The average Bonchev–Trinajstić information content (AvgIpc) is 2.46. The van der Waals surface area contributed by atoms with Crippen LogP contribution >= 0.6 is 0 Å². The number of nitrogens with one attached hydrogen (secondary N) is 1. The second-order valence-electron chi connectivity index (χ2n) is 4.99. The largest absolute Gasteiger partial charge is 0.387 e. The summed E-state index contributed by atoms with van der Waals surface area (Å²) in [5.41, 5.74) is 1.74. The summed E-state index contributed by atoms with van der Waals surface area (Å²) < 4.78 is 0. The van der Waals surface area contributed by atoms with Crippen molar-refractivity contribution in [3.05, 3.63) is 24.0 Å². The first kappa shape index (κ1) is 13.8. The van der Waals surface area contributed by atoms with E-state index in [0.29, 0.717) is 5.69 Å². The van der Waals surface area contributed by atoms with Crippen molar-refractivity contribution < 1.29 is 9.90 Å². The predicted molar refractivity (Wildman–Crippen MR) is 73.9 cm³/mol. The number of rotatable bonds is 3. The lowest BCUT2D eigenvalue weighted by Gasteiger charge is -2.32. The Kier molecular flexibility index (Phi) is 4.37. The van der Waals surface area contributed by atoms with Gasteiger partial charge in [-0.2, -0.15) is 0 Å². The molecule has 19 heavy (non-hydrogen) atoms. The van der Waals surface area contributed by atoms with E-state index in [1.54, 1.807) is 20.2 Å². The number of aliphatic hydroxyl groups excluding tert-OH is 1. The summed E-state index contributed by atoms with van der Waals surface area (Å²) in [4.78, 5) is 18.0. The quantitative estimate of drug-likeness (QED) is 0.857. The van der Waals surface area contributed by atoms with Gasteiger partial charge >= 0.3 is 0 Å². The number of piperidine rings is 1. The van der Waals surface area contributed by atoms with Gasteiger partial charge in [0.05, 0.1) is 23.7 Å². The number of carbonyl (C=O) groups is 1. The van der Waals surface area contributed by atoms with Crippen molar-refractivity contribution >= 4 is 11.6 Å². The molecular weight excluding hydrogens is 242 g/mol. The molecular formula is C14H21N3O2. The molecule has 1 aliphatic rings. The van der Waals surface area contributed by atoms with Crippen LogP contribution in [0.15, 0.2) is 18.3 Å². The van der Waals surface area contributed by atoms with Gasteiger partial charge in [0.2, 0.25) is 5.91 Å². The normalized spacial score (nSPS) is 18.2. The second kappa shape index (κ2) is 6.02. The molecule has 1 saturated heterocycles. The van der Waals surface area contributed by atoms with Crippen molar-refractivity contribution in [2.75, 3.05) is 25.0 Å². The van der Waals surface area contributed by atoms with E-state index in [1.807, 2.05) is 12.1 Å². The minimum absolute atomic E-state index is 0.131. The highest BCUT2D eigenvalue weighted by atomic mass is 16.3. The molecule has 0 radical (unpaired) electrons. The molecule has 2 rings (SSSR count). The van der Waals surface area contributed by atoms with Crippen molar-refractivity contribution in [1.82, 2.24) is 10.3 Å². The van der Waals surface area contributed by atoms with Gasteiger partial charge in [0, 0.05) is 26.1 Å². The summed E-state index contributed by atoms with van der Waals surface area (Å²) >= 11 is 0. The number of carbonyl (C=O) groups excluding carboxylic acids is 1. The molecule has 0 aliphatic carbocycles. The zero-order valence-electron chi connectivity index (χ0n) is 11.5. The summed E-state index contributed by atoms with van der Waals surface area (Å²) in [5.74, 6) is 0.271. The van der Waals surface area contributed by atoms with Crippen LogP contribution in [0.4, 0.5) is 5.69 Å². The fourth-order valence-corrected chi connectivity index (χ4v) is 2.44. The molecule has 1 aliphatic heterocycles. The van der Waals surface area contributed by atoms with Crippen molar-refractivity contribution in [1.29, 1.82) is 0 Å². The first-order chi connectivity index (χ1) is 9.11. The summed E-state index contributed by atoms with van der Waals surface area (Å²) in [5, 5.41) is 12.1. The lowest BCUT2D eigenvalue weighted by atomic mass is 9.96. The highest BCUT2D eigenvalue weighted by Gasteiger charge is 2.24. The number of amides is 1. The Balaban J connectivity index is 1.96. The highest BCUT2D eigenvalue weighted by molar-refractivity contribution is 5.78. The Morgan fingerprint density at radius 1 is 1.47 bits per heavy atom. The minimum Gasteiger partial charge on any atom is -0.387 e. The van der Waals surface area contributed by atoms with Crippen LogP contribution in [0.5, 0.6) is 0 Å². The van der Waals surface area contributed by atoms with Gasteiger partial charge in [-0.3, -0.25) is 9.78 Å². The molecule has 0 aromatic carbocycles. The molecule has 0 bridgehead atoms. The standard InChI is InChI=1S/C14H21N3O2/c1-10(18)13-4-3-12(9-16-13)17-7-5-11(6-8-17)14(19)15-2/h3-4,9-11,18H,5-8H2,1-2H3,(H,15,19)/t10-/m0/s1. The molecule has 2 N–H and O–H groups in total. The lowest BCUT2D eigenvalue weighted by Crippen LogP contribution is -2.39. The van der Waals surface area contributed by atoms with Gasteiger partial charge in [0.1, 0.15) is 0 Å². The SMILES string of the molecule is CNC(=O)C1CCN(c2ccc([C@H](C)O)nc2)CC1. The second-order valence-corrected chi connectivity index (χ2v) is 4.99. The monoisotopic (exact) mass is 263 g/mol. The lowest BCUT2D eigenvalue weighted by molar-refractivity contribution is -0.125. The van der Waals surface area contributed by atoms with Gasteiger partial charge in [0.15, 0.2) is 0 Å². The van der Waals surface area contributed by atoms with E-state index in [0.717, 1.165) is 31.6 Å². The van der Waals surface area contributed by atoms with E-state index in [2.05, 4.69) is 15.2 Å². The number of anilines is 1. The highest BCUT2D eigenvalue weighted by Crippen LogP contribution is 2.23. The van der Waals surface area contributed by atoms with Crippen LogP contribution in [0.2, 0.25) is 0 Å². The molecule has 0 unspecified atom stereocenters. The maximum Gasteiger partial charge on any atom is 0.222 e. The minimum atomic E-state index is -0.534. The molecule has 1 atom stereocenters. The summed E-state index contributed by atoms with van der Waals surface area (Å²) in [7, 11) is 1.69. The van der Waals surface area contributed by atoms with Crippen molar-refractivity contribution in [2.24, 2.45) is 5.92 Å². The molecule has 104 valence electrons. The molecule has 0 spiro atoms. The predicted octanol–water partition coefficient (Wildman–Crippen LogP) is 1.10. The van der Waals surface area contributed by atoms with E-state index in [-0.39, 0.29) is 11.8 Å². The number of aliphatic hydroxyl groups is 1. The number of nitrogens with zero attached hydrogens (tertiary/aromatic N) is 2. The van der Waals surface area contributed by atoms with Gasteiger partial charge in [-0.05, 0) is 31.9 Å². The number of hydrogen-bond acceptors (Lipinski definition) is 4. The van der Waals surface area contributed by atoms with Crippen molar-refractivity contribution in [2.45, 2.75) is 25.9 Å². The zero-order chi connectivity index (χ0) is 13.8. The van der Waals surface area contributed by atoms with E-state index in [9.17, 15) is 9.90 Å². The average molecular weight is 263 g/mol. The molecule has 1 aromatic rings. The van der Waals surface area contributed by atoms with E-state index in [1.165, 1.54) is 0 Å². The van der Waals surface area contributed by atoms with E-state index in [4.69, 9.17) is 0 Å². The van der Waals surface area contributed by atoms with E-state index >= 15 is 0 Å². The first-order valence-corrected chi connectivity index (χ1v) is 6.72. The fourth-order valence-electron chi connectivity index (χ4n) is 2.44. The van der Waals surface area contributed by atoms with Crippen molar-refractivity contribution in [3.8, 4) is 0 Å². The third-order valence-corrected chi connectivity index (χ3v) is 3.68. The van der Waals surface area contributed by atoms with Crippen LogP contribution in [0.3, 0.4) is 0 Å². The van der Waals surface area contributed by atoms with Crippen LogP contribution in [0.1, 0.15) is 31.6 Å². The topological polar surface area (TPSA) is 65.5 Å². The molecule has 0 saturated carbocycles. The Hall–Kier alpha value is -1.62. The molecule has 1 aromatic heterocycles.